The first-order valence-corrected chi connectivity index (χ1v) is 7.71. The third-order valence-electron chi connectivity index (χ3n) is 5.05. The van der Waals surface area contributed by atoms with Crippen LogP contribution in [0.15, 0.2) is 24.3 Å². The molecule has 0 amide bonds. The van der Waals surface area contributed by atoms with E-state index in [1.807, 2.05) is 14.2 Å². The van der Waals surface area contributed by atoms with E-state index in [0.29, 0.717) is 5.41 Å². The van der Waals surface area contributed by atoms with Crippen molar-refractivity contribution in [2.75, 3.05) is 14.2 Å². The highest BCUT2D eigenvalue weighted by Gasteiger charge is 2.44. The zero-order chi connectivity index (χ0) is 14.8. The molecule has 0 heterocycles. The minimum Gasteiger partial charge on any atom is -0.376 e. The van der Waals surface area contributed by atoms with Crippen molar-refractivity contribution in [1.29, 1.82) is 0 Å². The summed E-state index contributed by atoms with van der Waals surface area (Å²) in [6.07, 6.45) is 4.70. The second-order valence-electron chi connectivity index (χ2n) is 7.07. The van der Waals surface area contributed by atoms with Gasteiger partial charge >= 0.3 is 0 Å². The number of aryl methyl sites for hydroxylation is 1. The predicted molar refractivity (Wildman–Crippen MR) is 85.0 cm³/mol. The Bertz CT molecular complexity index is 442. The second kappa shape index (κ2) is 5.87. The van der Waals surface area contributed by atoms with Crippen molar-refractivity contribution in [3.05, 3.63) is 35.4 Å². The van der Waals surface area contributed by atoms with Crippen molar-refractivity contribution < 1.29 is 4.74 Å². The molecule has 0 radical (unpaired) electrons. The fraction of sp³-hybridized carbons (Fsp3) is 0.667. The lowest BCUT2D eigenvalue weighted by Gasteiger charge is -2.47. The molecule has 0 bridgehead atoms. The van der Waals surface area contributed by atoms with E-state index in [1.165, 1.54) is 24.0 Å². The van der Waals surface area contributed by atoms with Gasteiger partial charge in [-0.2, -0.15) is 0 Å². The molecule has 2 heteroatoms. The largest absolute Gasteiger partial charge is 0.376 e. The maximum atomic E-state index is 6.06. The third-order valence-corrected chi connectivity index (χ3v) is 5.05. The molecule has 1 N–H and O–H groups in total. The number of methoxy groups -OCH3 is 1. The molecule has 1 fully saturated rings. The lowest BCUT2D eigenvalue weighted by molar-refractivity contribution is -0.0862. The van der Waals surface area contributed by atoms with E-state index in [0.717, 1.165) is 12.8 Å². The molecule has 1 aliphatic rings. The summed E-state index contributed by atoms with van der Waals surface area (Å²) in [5.74, 6) is 0. The molecule has 1 saturated carbocycles. The summed E-state index contributed by atoms with van der Waals surface area (Å²) in [6.45, 7) is 6.89. The van der Waals surface area contributed by atoms with Gasteiger partial charge in [-0.05, 0) is 50.6 Å². The van der Waals surface area contributed by atoms with E-state index in [9.17, 15) is 0 Å². The van der Waals surface area contributed by atoms with Crippen LogP contribution in [-0.2, 0) is 4.74 Å². The number of ether oxygens (including phenoxy) is 1. The van der Waals surface area contributed by atoms with Crippen LogP contribution in [-0.4, -0.2) is 19.8 Å². The van der Waals surface area contributed by atoms with Crippen molar-refractivity contribution in [1.82, 2.24) is 5.32 Å². The third kappa shape index (κ3) is 3.07. The lowest BCUT2D eigenvalue weighted by Crippen LogP contribution is -2.48. The molecule has 1 atom stereocenters. The fourth-order valence-electron chi connectivity index (χ4n) is 3.54. The zero-order valence-corrected chi connectivity index (χ0v) is 13.6. The molecule has 112 valence electrons. The standard InChI is InChI=1S/C18H29NO/c1-14-7-6-8-15(13-14)16(19-4)18(20-5)11-9-17(2,3)10-12-18/h6-8,13,16,19H,9-12H2,1-5H3. The van der Waals surface area contributed by atoms with Crippen molar-refractivity contribution in [3.63, 3.8) is 0 Å². The highest BCUT2D eigenvalue weighted by Crippen LogP contribution is 2.47. The van der Waals surface area contributed by atoms with Crippen LogP contribution >= 0.6 is 0 Å². The molecule has 0 aliphatic heterocycles. The van der Waals surface area contributed by atoms with Crippen molar-refractivity contribution in [2.45, 2.75) is 58.1 Å². The Labute approximate surface area is 123 Å². The average molecular weight is 275 g/mol. The topological polar surface area (TPSA) is 21.3 Å². The normalized spacial score (nSPS) is 22.4. The quantitative estimate of drug-likeness (QED) is 0.887. The molecule has 1 aliphatic carbocycles. The molecular weight excluding hydrogens is 246 g/mol. The Morgan fingerprint density at radius 3 is 2.30 bits per heavy atom. The van der Waals surface area contributed by atoms with Gasteiger partial charge in [-0.15, -0.1) is 0 Å². The molecule has 20 heavy (non-hydrogen) atoms. The van der Waals surface area contributed by atoms with E-state index in [2.05, 4.69) is 50.4 Å². The molecule has 1 unspecified atom stereocenters. The summed E-state index contributed by atoms with van der Waals surface area (Å²) in [5, 5.41) is 3.51. The summed E-state index contributed by atoms with van der Waals surface area (Å²) in [6, 6.07) is 9.06. The van der Waals surface area contributed by atoms with Crippen LogP contribution in [0.3, 0.4) is 0 Å². The lowest BCUT2D eigenvalue weighted by atomic mass is 9.67. The summed E-state index contributed by atoms with van der Waals surface area (Å²) >= 11 is 0. The van der Waals surface area contributed by atoms with Crippen LogP contribution in [0.1, 0.15) is 56.7 Å². The monoisotopic (exact) mass is 275 g/mol. The molecule has 2 nitrogen and oxygen atoms in total. The highest BCUT2D eigenvalue weighted by atomic mass is 16.5. The minimum atomic E-state index is -0.0714. The Balaban J connectivity index is 2.29. The molecule has 1 aromatic rings. The van der Waals surface area contributed by atoms with E-state index >= 15 is 0 Å². The van der Waals surface area contributed by atoms with Gasteiger partial charge in [-0.3, -0.25) is 0 Å². The smallest absolute Gasteiger partial charge is 0.0872 e. The highest BCUT2D eigenvalue weighted by molar-refractivity contribution is 5.28. The van der Waals surface area contributed by atoms with Crippen LogP contribution in [0.25, 0.3) is 0 Å². The first kappa shape index (κ1) is 15.5. The van der Waals surface area contributed by atoms with Gasteiger partial charge in [0.1, 0.15) is 0 Å². The van der Waals surface area contributed by atoms with Crippen LogP contribution in [0.4, 0.5) is 0 Å². The number of rotatable bonds is 4. The SMILES string of the molecule is CNC(c1cccc(C)c1)C1(OC)CCC(C)(C)CC1. The number of likely N-dealkylation sites (N-methyl/N-ethyl adjacent to an activating group) is 1. The number of hydrogen-bond donors (Lipinski definition) is 1. The molecule has 1 aromatic carbocycles. The molecule has 0 saturated heterocycles. The average Bonchev–Trinajstić information content (AvgIpc) is 2.42. The first-order chi connectivity index (χ1) is 9.42. The van der Waals surface area contributed by atoms with Crippen LogP contribution in [0.5, 0.6) is 0 Å². The van der Waals surface area contributed by atoms with Crippen molar-refractivity contribution in [2.24, 2.45) is 5.41 Å². The summed E-state index contributed by atoms with van der Waals surface area (Å²) in [7, 11) is 3.92. The molecule has 0 spiro atoms. The molecule has 2 rings (SSSR count). The maximum Gasteiger partial charge on any atom is 0.0872 e. The number of hydrogen-bond acceptors (Lipinski definition) is 2. The summed E-state index contributed by atoms with van der Waals surface area (Å²) in [5.41, 5.74) is 3.03. The minimum absolute atomic E-state index is 0.0714. The van der Waals surface area contributed by atoms with Gasteiger partial charge in [-0.25, -0.2) is 0 Å². The van der Waals surface area contributed by atoms with Gasteiger partial charge < -0.3 is 10.1 Å². The Hall–Kier alpha value is -0.860. The van der Waals surface area contributed by atoms with Gasteiger partial charge in [0.2, 0.25) is 0 Å². The summed E-state index contributed by atoms with van der Waals surface area (Å²) < 4.78 is 6.06. The summed E-state index contributed by atoms with van der Waals surface area (Å²) in [4.78, 5) is 0. The van der Waals surface area contributed by atoms with E-state index in [-0.39, 0.29) is 11.6 Å². The maximum absolute atomic E-state index is 6.06. The zero-order valence-electron chi connectivity index (χ0n) is 13.6. The molecular formula is C18H29NO. The molecule has 0 aromatic heterocycles. The number of nitrogens with one attached hydrogen (secondary N) is 1. The van der Waals surface area contributed by atoms with E-state index in [1.54, 1.807) is 0 Å². The van der Waals surface area contributed by atoms with Gasteiger partial charge in [0.05, 0.1) is 11.6 Å². The van der Waals surface area contributed by atoms with Gasteiger partial charge in [-0.1, -0.05) is 43.7 Å². The second-order valence-corrected chi connectivity index (χ2v) is 7.07. The first-order valence-electron chi connectivity index (χ1n) is 7.71. The van der Waals surface area contributed by atoms with E-state index < -0.39 is 0 Å². The number of benzene rings is 1. The van der Waals surface area contributed by atoms with Crippen molar-refractivity contribution >= 4 is 0 Å². The van der Waals surface area contributed by atoms with Crippen LogP contribution in [0, 0.1) is 12.3 Å². The van der Waals surface area contributed by atoms with Gasteiger partial charge in [0.25, 0.3) is 0 Å². The predicted octanol–water partition coefficient (Wildman–Crippen LogP) is 4.24. The van der Waals surface area contributed by atoms with Gasteiger partial charge in [0.15, 0.2) is 0 Å². The Morgan fingerprint density at radius 1 is 1.15 bits per heavy atom. The van der Waals surface area contributed by atoms with Crippen LogP contribution < -0.4 is 5.32 Å². The van der Waals surface area contributed by atoms with E-state index in [4.69, 9.17) is 4.74 Å². The fourth-order valence-corrected chi connectivity index (χ4v) is 3.54. The van der Waals surface area contributed by atoms with Gasteiger partial charge in [0, 0.05) is 7.11 Å². The Morgan fingerprint density at radius 2 is 1.80 bits per heavy atom. The Kier molecular flexibility index (Phi) is 4.55. The van der Waals surface area contributed by atoms with Crippen molar-refractivity contribution in [3.8, 4) is 0 Å². The van der Waals surface area contributed by atoms with Crippen LogP contribution in [0.2, 0.25) is 0 Å².